The van der Waals surface area contributed by atoms with Crippen molar-refractivity contribution in [2.24, 2.45) is 0 Å². The molecular weight excluding hydrogens is 463 g/mol. The molecular formula is C24H30BrFN2O3. The zero-order valence-electron chi connectivity index (χ0n) is 18.5. The summed E-state index contributed by atoms with van der Waals surface area (Å²) in [6.45, 7) is 7.99. The van der Waals surface area contributed by atoms with E-state index in [0.29, 0.717) is 23.8 Å². The van der Waals surface area contributed by atoms with Gasteiger partial charge in [-0.3, -0.25) is 9.59 Å². The van der Waals surface area contributed by atoms with Gasteiger partial charge in [-0.15, -0.1) is 0 Å². The van der Waals surface area contributed by atoms with Gasteiger partial charge in [0.1, 0.15) is 17.6 Å². The Morgan fingerprint density at radius 2 is 1.87 bits per heavy atom. The second-order valence-corrected chi connectivity index (χ2v) is 8.57. The second-order valence-electron chi connectivity index (χ2n) is 7.71. The van der Waals surface area contributed by atoms with E-state index in [2.05, 4.69) is 35.1 Å². The summed E-state index contributed by atoms with van der Waals surface area (Å²) in [5.41, 5.74) is 1.49. The van der Waals surface area contributed by atoms with Crippen LogP contribution in [-0.4, -0.2) is 35.9 Å². The Balaban J connectivity index is 2.17. The number of nitrogens with zero attached hydrogens (tertiary/aromatic N) is 1. The molecule has 0 radical (unpaired) electrons. The van der Waals surface area contributed by atoms with Gasteiger partial charge in [0.15, 0.2) is 6.61 Å². The Labute approximate surface area is 192 Å². The standard InChI is InChI=1S/C24H30BrFN2O3/c1-5-12-27-24(30)17(4)28(14-19-8-6-7-9-21(19)26)23(29)15-31-22-11-10-18(16(2)3)13-20(22)25/h6-11,13,16-17H,5,12,14-15H2,1-4H3,(H,27,30)/t17-/m1/s1. The monoisotopic (exact) mass is 492 g/mol. The number of hydrogen-bond acceptors (Lipinski definition) is 3. The highest BCUT2D eigenvalue weighted by Gasteiger charge is 2.27. The summed E-state index contributed by atoms with van der Waals surface area (Å²) in [6, 6.07) is 11.2. The van der Waals surface area contributed by atoms with Gasteiger partial charge in [0.25, 0.3) is 5.91 Å². The Hall–Kier alpha value is -2.41. The Kier molecular flexibility index (Phi) is 9.49. The first kappa shape index (κ1) is 24.9. The van der Waals surface area contributed by atoms with Crippen molar-refractivity contribution in [1.29, 1.82) is 0 Å². The maximum atomic E-state index is 14.2. The molecule has 0 bridgehead atoms. The fourth-order valence-corrected chi connectivity index (χ4v) is 3.52. The number of ether oxygens (including phenoxy) is 1. The van der Waals surface area contributed by atoms with E-state index in [1.165, 1.54) is 11.0 Å². The number of hydrogen-bond donors (Lipinski definition) is 1. The van der Waals surface area contributed by atoms with Crippen LogP contribution in [-0.2, 0) is 16.1 Å². The zero-order chi connectivity index (χ0) is 23.0. The number of amides is 2. The fourth-order valence-electron chi connectivity index (χ4n) is 3.00. The number of carbonyl (C=O) groups is 2. The molecule has 5 nitrogen and oxygen atoms in total. The summed E-state index contributed by atoms with van der Waals surface area (Å²) in [7, 11) is 0. The molecule has 0 spiro atoms. The summed E-state index contributed by atoms with van der Waals surface area (Å²) in [6.07, 6.45) is 0.781. The summed E-state index contributed by atoms with van der Waals surface area (Å²) in [5.74, 6) is -0.206. The lowest BCUT2D eigenvalue weighted by molar-refractivity contribution is -0.142. The van der Waals surface area contributed by atoms with Crippen LogP contribution in [0, 0.1) is 5.82 Å². The van der Waals surface area contributed by atoms with Gasteiger partial charge in [0.2, 0.25) is 5.91 Å². The van der Waals surface area contributed by atoms with Crippen molar-refractivity contribution >= 4 is 27.7 Å². The van der Waals surface area contributed by atoms with Crippen LogP contribution in [0.2, 0.25) is 0 Å². The maximum absolute atomic E-state index is 14.2. The summed E-state index contributed by atoms with van der Waals surface area (Å²) < 4.78 is 20.7. The lowest BCUT2D eigenvalue weighted by Gasteiger charge is -2.29. The van der Waals surface area contributed by atoms with E-state index < -0.39 is 17.8 Å². The van der Waals surface area contributed by atoms with Crippen molar-refractivity contribution in [1.82, 2.24) is 10.2 Å². The quantitative estimate of drug-likeness (QED) is 0.505. The molecule has 2 aromatic carbocycles. The molecule has 2 amide bonds. The molecule has 0 aliphatic heterocycles. The van der Waals surface area contributed by atoms with Crippen molar-refractivity contribution in [3.05, 3.63) is 63.9 Å². The molecule has 2 aromatic rings. The van der Waals surface area contributed by atoms with Crippen molar-refractivity contribution in [3.8, 4) is 5.75 Å². The molecule has 0 saturated carbocycles. The predicted molar refractivity (Wildman–Crippen MR) is 123 cm³/mol. The first-order chi connectivity index (χ1) is 14.7. The lowest BCUT2D eigenvalue weighted by Crippen LogP contribution is -2.49. The first-order valence-electron chi connectivity index (χ1n) is 10.5. The molecule has 1 N–H and O–H groups in total. The van der Waals surface area contributed by atoms with Gasteiger partial charge in [-0.1, -0.05) is 45.0 Å². The smallest absolute Gasteiger partial charge is 0.261 e. The summed E-state index contributed by atoms with van der Waals surface area (Å²) in [4.78, 5) is 26.9. The van der Waals surface area contributed by atoms with E-state index in [1.807, 2.05) is 25.1 Å². The third-order valence-electron chi connectivity index (χ3n) is 4.99. The molecule has 31 heavy (non-hydrogen) atoms. The normalized spacial score (nSPS) is 11.8. The van der Waals surface area contributed by atoms with Crippen molar-refractivity contribution in [2.45, 2.75) is 52.6 Å². The number of carbonyl (C=O) groups excluding carboxylic acids is 2. The van der Waals surface area contributed by atoms with Crippen LogP contribution in [0.5, 0.6) is 5.75 Å². The number of benzene rings is 2. The third kappa shape index (κ3) is 7.06. The molecule has 0 unspecified atom stereocenters. The van der Waals surface area contributed by atoms with Gasteiger partial charge in [-0.2, -0.15) is 0 Å². The van der Waals surface area contributed by atoms with Crippen LogP contribution < -0.4 is 10.1 Å². The highest BCUT2D eigenvalue weighted by Crippen LogP contribution is 2.29. The van der Waals surface area contributed by atoms with Crippen LogP contribution in [0.4, 0.5) is 4.39 Å². The van der Waals surface area contributed by atoms with E-state index in [9.17, 15) is 14.0 Å². The lowest BCUT2D eigenvalue weighted by atomic mass is 10.0. The summed E-state index contributed by atoms with van der Waals surface area (Å²) >= 11 is 3.48. The molecule has 0 saturated heterocycles. The number of halogens is 2. The van der Waals surface area contributed by atoms with Crippen LogP contribution >= 0.6 is 15.9 Å². The minimum Gasteiger partial charge on any atom is -0.483 e. The SMILES string of the molecule is CCCNC(=O)[C@@H](C)N(Cc1ccccc1F)C(=O)COc1ccc(C(C)C)cc1Br. The molecule has 0 aliphatic rings. The molecule has 7 heteroatoms. The van der Waals surface area contributed by atoms with Gasteiger partial charge in [0.05, 0.1) is 4.47 Å². The van der Waals surface area contributed by atoms with Crippen molar-refractivity contribution in [3.63, 3.8) is 0 Å². The molecule has 1 atom stereocenters. The van der Waals surface area contributed by atoms with Gasteiger partial charge in [-0.25, -0.2) is 4.39 Å². The van der Waals surface area contributed by atoms with Crippen molar-refractivity contribution in [2.75, 3.05) is 13.2 Å². The topological polar surface area (TPSA) is 58.6 Å². The van der Waals surface area contributed by atoms with E-state index in [1.54, 1.807) is 25.1 Å². The minimum atomic E-state index is -0.769. The van der Waals surface area contributed by atoms with Gasteiger partial charge in [0, 0.05) is 18.7 Å². The highest BCUT2D eigenvalue weighted by molar-refractivity contribution is 9.10. The van der Waals surface area contributed by atoms with Gasteiger partial charge in [-0.05, 0) is 59.0 Å². The van der Waals surface area contributed by atoms with Gasteiger partial charge >= 0.3 is 0 Å². The first-order valence-corrected chi connectivity index (χ1v) is 11.3. The van der Waals surface area contributed by atoms with E-state index in [0.717, 1.165) is 16.5 Å². The Morgan fingerprint density at radius 3 is 2.48 bits per heavy atom. The second kappa shape index (κ2) is 11.8. The fraction of sp³-hybridized carbons (Fsp3) is 0.417. The minimum absolute atomic E-state index is 0.0248. The van der Waals surface area contributed by atoms with E-state index in [4.69, 9.17) is 4.74 Å². The average Bonchev–Trinajstić information content (AvgIpc) is 2.75. The summed E-state index contributed by atoms with van der Waals surface area (Å²) in [5, 5.41) is 2.79. The maximum Gasteiger partial charge on any atom is 0.261 e. The number of rotatable bonds is 10. The predicted octanol–water partition coefficient (Wildman–Crippen LogP) is 5.03. The molecule has 0 fully saturated rings. The van der Waals surface area contributed by atoms with Crippen molar-refractivity contribution < 1.29 is 18.7 Å². The highest BCUT2D eigenvalue weighted by atomic mass is 79.9. The van der Waals surface area contributed by atoms with Crippen LogP contribution in [0.25, 0.3) is 0 Å². The Bertz CT molecular complexity index is 904. The van der Waals surface area contributed by atoms with E-state index >= 15 is 0 Å². The average molecular weight is 493 g/mol. The van der Waals surface area contributed by atoms with Gasteiger partial charge < -0.3 is 15.0 Å². The molecule has 168 valence electrons. The van der Waals surface area contributed by atoms with E-state index in [-0.39, 0.29) is 19.1 Å². The third-order valence-corrected chi connectivity index (χ3v) is 5.61. The Morgan fingerprint density at radius 1 is 1.16 bits per heavy atom. The molecule has 0 aromatic heterocycles. The largest absolute Gasteiger partial charge is 0.483 e. The molecule has 0 heterocycles. The zero-order valence-corrected chi connectivity index (χ0v) is 20.0. The van der Waals surface area contributed by atoms with Crippen LogP contribution in [0.15, 0.2) is 46.9 Å². The molecule has 0 aliphatic carbocycles. The van der Waals surface area contributed by atoms with Crippen LogP contribution in [0.1, 0.15) is 51.2 Å². The number of nitrogens with one attached hydrogen (secondary N) is 1. The molecule has 2 rings (SSSR count). The van der Waals surface area contributed by atoms with Crippen LogP contribution in [0.3, 0.4) is 0 Å².